The van der Waals surface area contributed by atoms with Crippen LogP contribution in [0.2, 0.25) is 5.02 Å². The Hall–Kier alpha value is -0.930. The molecule has 0 radical (unpaired) electrons. The molecule has 0 bridgehead atoms. The molecular weight excluding hydrogens is 246 g/mol. The summed E-state index contributed by atoms with van der Waals surface area (Å²) in [7, 11) is 0. The molecule has 1 fully saturated rings. The van der Waals surface area contributed by atoms with Crippen LogP contribution in [-0.4, -0.2) is 31.1 Å². The number of nitrogens with one attached hydrogen (secondary N) is 1. The zero-order valence-electron chi connectivity index (χ0n) is 11.0. The van der Waals surface area contributed by atoms with Crippen molar-refractivity contribution >= 4 is 23.0 Å². The first-order valence-corrected chi connectivity index (χ1v) is 7.08. The smallest absolute Gasteiger partial charge is 0.0763 e. The third-order valence-corrected chi connectivity index (χ3v) is 4.08. The van der Waals surface area contributed by atoms with Crippen LogP contribution in [0.15, 0.2) is 18.2 Å². The van der Waals surface area contributed by atoms with Crippen molar-refractivity contribution < 1.29 is 0 Å². The Balaban J connectivity index is 1.85. The van der Waals surface area contributed by atoms with Gasteiger partial charge in [0.25, 0.3) is 0 Å². The van der Waals surface area contributed by atoms with Crippen molar-refractivity contribution in [2.75, 3.05) is 37.2 Å². The highest BCUT2D eigenvalue weighted by Crippen LogP contribution is 2.28. The molecule has 1 aromatic carbocycles. The Morgan fingerprint density at radius 3 is 2.72 bits per heavy atom. The molecule has 0 amide bonds. The van der Waals surface area contributed by atoms with Gasteiger partial charge in [0.15, 0.2) is 0 Å². The molecular formula is C14H22ClN3. The fourth-order valence-electron chi connectivity index (χ4n) is 2.48. The summed E-state index contributed by atoms with van der Waals surface area (Å²) in [5, 5.41) is 4.12. The minimum absolute atomic E-state index is 0.709. The number of nitrogens with zero attached hydrogens (tertiary/aromatic N) is 1. The van der Waals surface area contributed by atoms with E-state index in [1.165, 1.54) is 25.9 Å². The van der Waals surface area contributed by atoms with Crippen molar-refractivity contribution in [3.05, 3.63) is 23.2 Å². The van der Waals surface area contributed by atoms with Gasteiger partial charge in [-0.1, -0.05) is 24.6 Å². The van der Waals surface area contributed by atoms with Gasteiger partial charge in [-0.15, -0.1) is 0 Å². The van der Waals surface area contributed by atoms with Crippen LogP contribution in [0, 0.1) is 5.92 Å². The van der Waals surface area contributed by atoms with Crippen LogP contribution in [0.25, 0.3) is 0 Å². The predicted octanol–water partition coefficient (Wildman–Crippen LogP) is 3.07. The van der Waals surface area contributed by atoms with Crippen LogP contribution < -0.4 is 11.1 Å². The Labute approximate surface area is 114 Å². The van der Waals surface area contributed by atoms with Crippen molar-refractivity contribution in [1.29, 1.82) is 0 Å². The molecule has 0 spiro atoms. The largest absolute Gasteiger partial charge is 0.397 e. The molecule has 4 heteroatoms. The molecule has 3 N–H and O–H groups in total. The van der Waals surface area contributed by atoms with E-state index in [9.17, 15) is 0 Å². The third kappa shape index (κ3) is 3.30. The average Bonchev–Trinajstić information content (AvgIpc) is 2.39. The van der Waals surface area contributed by atoms with E-state index >= 15 is 0 Å². The quantitative estimate of drug-likeness (QED) is 0.824. The molecule has 2 rings (SSSR count). The Morgan fingerprint density at radius 1 is 1.39 bits per heavy atom. The fraction of sp³-hybridized carbons (Fsp3) is 0.571. The normalized spacial score (nSPS) is 17.9. The maximum atomic E-state index is 6.14. The molecule has 0 aromatic heterocycles. The lowest BCUT2D eigenvalue weighted by atomic mass is 9.97. The number of nitrogens with two attached hydrogens (primary N) is 1. The monoisotopic (exact) mass is 267 g/mol. The SMILES string of the molecule is CCN1CCC(CNc2c(N)cccc2Cl)CC1. The van der Waals surface area contributed by atoms with E-state index in [1.807, 2.05) is 18.2 Å². The van der Waals surface area contributed by atoms with E-state index in [1.54, 1.807) is 0 Å². The van der Waals surface area contributed by atoms with Gasteiger partial charge in [0.1, 0.15) is 0 Å². The van der Waals surface area contributed by atoms with Crippen LogP contribution in [-0.2, 0) is 0 Å². The summed E-state index contributed by atoms with van der Waals surface area (Å²) in [5.74, 6) is 0.725. The molecule has 1 aromatic rings. The van der Waals surface area contributed by atoms with Crippen molar-refractivity contribution in [3.63, 3.8) is 0 Å². The number of likely N-dealkylation sites (tertiary alicyclic amines) is 1. The second-order valence-electron chi connectivity index (χ2n) is 4.96. The van der Waals surface area contributed by atoms with E-state index in [0.717, 1.165) is 30.4 Å². The highest BCUT2D eigenvalue weighted by Gasteiger charge is 2.18. The maximum absolute atomic E-state index is 6.14. The van der Waals surface area contributed by atoms with Gasteiger partial charge in [-0.3, -0.25) is 0 Å². The first kappa shape index (κ1) is 13.5. The summed E-state index contributed by atoms with van der Waals surface area (Å²) in [4.78, 5) is 2.50. The predicted molar refractivity (Wildman–Crippen MR) is 79.2 cm³/mol. The lowest BCUT2D eigenvalue weighted by Gasteiger charge is -2.31. The van der Waals surface area contributed by atoms with E-state index < -0.39 is 0 Å². The van der Waals surface area contributed by atoms with E-state index in [4.69, 9.17) is 17.3 Å². The zero-order chi connectivity index (χ0) is 13.0. The molecule has 0 atom stereocenters. The van der Waals surface area contributed by atoms with Gasteiger partial charge in [-0.2, -0.15) is 0 Å². The fourth-order valence-corrected chi connectivity index (χ4v) is 2.73. The number of benzene rings is 1. The van der Waals surface area contributed by atoms with Gasteiger partial charge in [-0.05, 0) is 50.5 Å². The van der Waals surface area contributed by atoms with Crippen molar-refractivity contribution in [3.8, 4) is 0 Å². The lowest BCUT2D eigenvalue weighted by molar-refractivity contribution is 0.198. The summed E-state index contributed by atoms with van der Waals surface area (Å²) in [5.41, 5.74) is 7.54. The van der Waals surface area contributed by atoms with Crippen molar-refractivity contribution in [2.45, 2.75) is 19.8 Å². The molecule has 1 saturated heterocycles. The van der Waals surface area contributed by atoms with Gasteiger partial charge in [0, 0.05) is 6.54 Å². The first-order valence-electron chi connectivity index (χ1n) is 6.71. The van der Waals surface area contributed by atoms with E-state index in [0.29, 0.717) is 5.02 Å². The van der Waals surface area contributed by atoms with Crippen molar-refractivity contribution in [2.24, 2.45) is 5.92 Å². The molecule has 1 aliphatic heterocycles. The molecule has 1 heterocycles. The minimum atomic E-state index is 0.709. The molecule has 3 nitrogen and oxygen atoms in total. The molecule has 0 saturated carbocycles. The Kier molecular flexibility index (Phi) is 4.72. The minimum Gasteiger partial charge on any atom is -0.397 e. The number of rotatable bonds is 4. The Bertz CT molecular complexity index is 366. The summed E-state index contributed by atoms with van der Waals surface area (Å²) < 4.78 is 0. The van der Waals surface area contributed by atoms with Gasteiger partial charge in [0.2, 0.25) is 0 Å². The Morgan fingerprint density at radius 2 is 2.11 bits per heavy atom. The number of hydrogen-bond acceptors (Lipinski definition) is 3. The summed E-state index contributed by atoms with van der Waals surface area (Å²) in [6, 6.07) is 5.64. The number of nitrogen functional groups attached to an aromatic ring is 1. The van der Waals surface area contributed by atoms with Crippen LogP contribution in [0.1, 0.15) is 19.8 Å². The maximum Gasteiger partial charge on any atom is 0.0763 e. The summed E-state index contributed by atoms with van der Waals surface area (Å²) >= 11 is 6.14. The highest BCUT2D eigenvalue weighted by atomic mass is 35.5. The van der Waals surface area contributed by atoms with Gasteiger partial charge in [-0.25, -0.2) is 0 Å². The number of halogens is 1. The second kappa shape index (κ2) is 6.30. The number of hydrogen-bond donors (Lipinski definition) is 2. The number of para-hydroxylation sites is 1. The molecule has 18 heavy (non-hydrogen) atoms. The van der Waals surface area contributed by atoms with Gasteiger partial charge in [0.05, 0.1) is 16.4 Å². The van der Waals surface area contributed by atoms with E-state index in [-0.39, 0.29) is 0 Å². The highest BCUT2D eigenvalue weighted by molar-refractivity contribution is 6.33. The average molecular weight is 268 g/mol. The van der Waals surface area contributed by atoms with Crippen LogP contribution in [0.5, 0.6) is 0 Å². The van der Waals surface area contributed by atoms with Crippen molar-refractivity contribution in [1.82, 2.24) is 4.90 Å². The van der Waals surface area contributed by atoms with Crippen LogP contribution in [0.4, 0.5) is 11.4 Å². The zero-order valence-corrected chi connectivity index (χ0v) is 11.7. The summed E-state index contributed by atoms with van der Waals surface area (Å²) in [6.45, 7) is 6.77. The second-order valence-corrected chi connectivity index (χ2v) is 5.37. The van der Waals surface area contributed by atoms with Gasteiger partial charge < -0.3 is 16.0 Å². The molecule has 0 unspecified atom stereocenters. The lowest BCUT2D eigenvalue weighted by Crippen LogP contribution is -2.35. The standard InChI is InChI=1S/C14H22ClN3/c1-2-18-8-6-11(7-9-18)10-17-14-12(15)4-3-5-13(14)16/h3-5,11,17H,2,6-10,16H2,1H3. The molecule has 0 aliphatic carbocycles. The number of anilines is 2. The molecule has 1 aliphatic rings. The topological polar surface area (TPSA) is 41.3 Å². The van der Waals surface area contributed by atoms with Crippen LogP contribution in [0.3, 0.4) is 0 Å². The van der Waals surface area contributed by atoms with Crippen LogP contribution >= 0.6 is 11.6 Å². The first-order chi connectivity index (χ1) is 8.70. The third-order valence-electron chi connectivity index (χ3n) is 3.77. The summed E-state index contributed by atoms with van der Waals surface area (Å²) in [6.07, 6.45) is 2.51. The van der Waals surface area contributed by atoms with E-state index in [2.05, 4.69) is 17.1 Å². The van der Waals surface area contributed by atoms with Gasteiger partial charge >= 0.3 is 0 Å². The molecule has 100 valence electrons. The number of piperidine rings is 1.